The highest BCUT2D eigenvalue weighted by molar-refractivity contribution is 7.58. The summed E-state index contributed by atoms with van der Waals surface area (Å²) in [5.74, 6) is 0.396. The largest absolute Gasteiger partial charge is 0.478 e. The second-order valence-electron chi connectivity index (χ2n) is 5.49. The van der Waals surface area contributed by atoms with E-state index in [0.717, 1.165) is 6.42 Å². The molecule has 1 aliphatic carbocycles. The van der Waals surface area contributed by atoms with Crippen molar-refractivity contribution in [1.82, 2.24) is 0 Å². The van der Waals surface area contributed by atoms with E-state index in [0.29, 0.717) is 24.6 Å². The highest BCUT2D eigenvalue weighted by Crippen LogP contribution is 2.61. The molecule has 2 aliphatic rings. The molecular weight excluding hydrogens is 263 g/mol. The topological polar surface area (TPSA) is 44.8 Å². The standard InChI is InChI=1S/C14H23O4P/c1-5-16-19(15,17-6-2)13-10-14(3,4)11-8-7-9-12(11)18-13/h7,9-12H,5-6,8H2,1-4H3/t11-,12-/m0/s1. The third-order valence-electron chi connectivity index (χ3n) is 3.69. The van der Waals surface area contributed by atoms with Crippen LogP contribution >= 0.6 is 7.60 Å². The van der Waals surface area contributed by atoms with Gasteiger partial charge in [-0.2, -0.15) is 0 Å². The van der Waals surface area contributed by atoms with Crippen molar-refractivity contribution in [1.29, 1.82) is 0 Å². The van der Waals surface area contributed by atoms with Gasteiger partial charge in [-0.25, -0.2) is 0 Å². The molecule has 0 amide bonds. The van der Waals surface area contributed by atoms with Crippen molar-refractivity contribution in [3.8, 4) is 0 Å². The molecule has 0 bridgehead atoms. The lowest BCUT2D eigenvalue weighted by Gasteiger charge is -2.39. The third-order valence-corrected chi connectivity index (χ3v) is 5.66. The monoisotopic (exact) mass is 286 g/mol. The van der Waals surface area contributed by atoms with Gasteiger partial charge in [0.25, 0.3) is 0 Å². The molecule has 0 fully saturated rings. The van der Waals surface area contributed by atoms with Gasteiger partial charge in [0, 0.05) is 5.92 Å². The van der Waals surface area contributed by atoms with Gasteiger partial charge in [-0.3, -0.25) is 4.57 Å². The molecule has 0 N–H and O–H groups in total. The minimum atomic E-state index is -3.32. The quantitative estimate of drug-likeness (QED) is 0.564. The van der Waals surface area contributed by atoms with Crippen molar-refractivity contribution in [2.45, 2.75) is 40.2 Å². The SMILES string of the molecule is CCOP(=O)(OCC)C1=CC(C)(C)[C@H]2CC=C[C@@H]2O1. The van der Waals surface area contributed by atoms with E-state index >= 15 is 0 Å². The second-order valence-corrected chi connectivity index (χ2v) is 7.44. The van der Waals surface area contributed by atoms with Gasteiger partial charge in [0.05, 0.1) is 13.2 Å². The lowest BCUT2D eigenvalue weighted by atomic mass is 9.75. The summed E-state index contributed by atoms with van der Waals surface area (Å²) in [7, 11) is -3.32. The first kappa shape index (κ1) is 14.8. The van der Waals surface area contributed by atoms with Crippen molar-refractivity contribution in [2.24, 2.45) is 11.3 Å². The first-order valence-corrected chi connectivity index (χ1v) is 8.43. The second kappa shape index (κ2) is 5.43. The molecule has 1 aliphatic heterocycles. The van der Waals surface area contributed by atoms with E-state index in [1.165, 1.54) is 0 Å². The van der Waals surface area contributed by atoms with Crippen LogP contribution in [0.1, 0.15) is 34.1 Å². The Morgan fingerprint density at radius 2 is 2.00 bits per heavy atom. The Balaban J connectivity index is 2.32. The first-order chi connectivity index (χ1) is 8.93. The maximum absolute atomic E-state index is 12.8. The highest BCUT2D eigenvalue weighted by atomic mass is 31.2. The lowest BCUT2D eigenvalue weighted by molar-refractivity contribution is 0.0432. The number of hydrogen-bond acceptors (Lipinski definition) is 4. The van der Waals surface area contributed by atoms with Gasteiger partial charge < -0.3 is 13.8 Å². The molecule has 1 heterocycles. The number of allylic oxidation sites excluding steroid dienone is 2. The minimum Gasteiger partial charge on any atom is -0.478 e. The van der Waals surface area contributed by atoms with E-state index in [1.54, 1.807) is 13.8 Å². The van der Waals surface area contributed by atoms with Crippen LogP contribution in [0.4, 0.5) is 0 Å². The normalized spacial score (nSPS) is 28.7. The fraction of sp³-hybridized carbons (Fsp3) is 0.714. The van der Waals surface area contributed by atoms with Crippen molar-refractivity contribution in [2.75, 3.05) is 13.2 Å². The average molecular weight is 286 g/mol. The molecule has 108 valence electrons. The molecule has 2 rings (SSSR count). The van der Waals surface area contributed by atoms with Gasteiger partial charge in [-0.15, -0.1) is 0 Å². The van der Waals surface area contributed by atoms with Crippen LogP contribution in [0.3, 0.4) is 0 Å². The zero-order chi connectivity index (χ0) is 14.1. The van der Waals surface area contributed by atoms with Crippen molar-refractivity contribution in [3.05, 3.63) is 23.7 Å². The number of fused-ring (bicyclic) bond motifs is 1. The summed E-state index contributed by atoms with van der Waals surface area (Å²) >= 11 is 0. The van der Waals surface area contributed by atoms with Gasteiger partial charge >= 0.3 is 7.60 Å². The van der Waals surface area contributed by atoms with Crippen molar-refractivity contribution < 1.29 is 18.3 Å². The van der Waals surface area contributed by atoms with Crippen LogP contribution in [0.2, 0.25) is 0 Å². The van der Waals surface area contributed by atoms with Crippen molar-refractivity contribution >= 4 is 7.60 Å². The maximum atomic E-state index is 12.8. The highest BCUT2D eigenvalue weighted by Gasteiger charge is 2.46. The molecule has 0 aromatic rings. The predicted molar refractivity (Wildman–Crippen MR) is 74.8 cm³/mol. The average Bonchev–Trinajstić information content (AvgIpc) is 2.78. The Bertz CT molecular complexity index is 429. The van der Waals surface area contributed by atoms with Crippen LogP contribution in [0.25, 0.3) is 0 Å². The van der Waals surface area contributed by atoms with Crippen LogP contribution < -0.4 is 0 Å². The van der Waals surface area contributed by atoms with Crippen LogP contribution in [-0.4, -0.2) is 19.3 Å². The molecule has 0 saturated heterocycles. The fourth-order valence-corrected chi connectivity index (χ4v) is 4.47. The summed E-state index contributed by atoms with van der Waals surface area (Å²) in [5, 5.41) is 0. The summed E-state index contributed by atoms with van der Waals surface area (Å²) in [6, 6.07) is 0. The van der Waals surface area contributed by atoms with E-state index in [2.05, 4.69) is 19.9 Å². The van der Waals surface area contributed by atoms with Gasteiger partial charge in [0.2, 0.25) is 5.50 Å². The van der Waals surface area contributed by atoms with Gasteiger partial charge in [-0.05, 0) is 37.8 Å². The summed E-state index contributed by atoms with van der Waals surface area (Å²) in [4.78, 5) is 0. The molecular formula is C14H23O4P. The van der Waals surface area contributed by atoms with Gasteiger partial charge in [0.15, 0.2) is 0 Å². The molecule has 0 aromatic heterocycles. The Kier molecular flexibility index (Phi) is 4.24. The van der Waals surface area contributed by atoms with Crippen LogP contribution in [0.5, 0.6) is 0 Å². The Hall–Kier alpha value is -0.570. The Labute approximate surface area is 115 Å². The summed E-state index contributed by atoms with van der Waals surface area (Å²) in [6.07, 6.45) is 7.06. The molecule has 4 nitrogen and oxygen atoms in total. The summed E-state index contributed by atoms with van der Waals surface area (Å²) < 4.78 is 29.4. The first-order valence-electron chi connectivity index (χ1n) is 6.89. The molecule has 0 saturated carbocycles. The van der Waals surface area contributed by atoms with E-state index in [1.807, 2.05) is 12.2 Å². The van der Waals surface area contributed by atoms with E-state index in [4.69, 9.17) is 13.8 Å². The fourth-order valence-electron chi connectivity index (χ4n) is 2.72. The predicted octanol–water partition coefficient (Wildman–Crippen LogP) is 4.10. The zero-order valence-electron chi connectivity index (χ0n) is 12.1. The lowest BCUT2D eigenvalue weighted by Crippen LogP contribution is -2.35. The molecule has 5 heteroatoms. The smallest absolute Gasteiger partial charge is 0.395 e. The molecule has 0 radical (unpaired) electrons. The number of ether oxygens (including phenoxy) is 1. The number of rotatable bonds is 5. The van der Waals surface area contributed by atoms with Crippen LogP contribution in [0, 0.1) is 11.3 Å². The Morgan fingerprint density at radius 3 is 2.58 bits per heavy atom. The molecule has 0 spiro atoms. The van der Waals surface area contributed by atoms with Crippen molar-refractivity contribution in [3.63, 3.8) is 0 Å². The minimum absolute atomic E-state index is 0.0239. The molecule has 19 heavy (non-hydrogen) atoms. The van der Waals surface area contributed by atoms with Gasteiger partial charge in [0.1, 0.15) is 6.10 Å². The summed E-state index contributed by atoms with van der Waals surface area (Å²) in [6.45, 7) is 8.56. The Morgan fingerprint density at radius 1 is 1.37 bits per heavy atom. The molecule has 0 unspecified atom stereocenters. The molecule has 2 atom stereocenters. The summed E-state index contributed by atoms with van der Waals surface area (Å²) in [5.41, 5.74) is 0.292. The molecule has 0 aromatic carbocycles. The van der Waals surface area contributed by atoms with Crippen LogP contribution in [0.15, 0.2) is 23.7 Å². The van der Waals surface area contributed by atoms with E-state index < -0.39 is 7.60 Å². The zero-order valence-corrected chi connectivity index (χ0v) is 13.0. The third kappa shape index (κ3) is 2.81. The van der Waals surface area contributed by atoms with Crippen LogP contribution in [-0.2, 0) is 18.3 Å². The maximum Gasteiger partial charge on any atom is 0.395 e. The van der Waals surface area contributed by atoms with Gasteiger partial charge in [-0.1, -0.05) is 19.9 Å². The van der Waals surface area contributed by atoms with E-state index in [9.17, 15) is 4.57 Å². The number of hydrogen-bond donors (Lipinski definition) is 0. The van der Waals surface area contributed by atoms with E-state index in [-0.39, 0.29) is 11.5 Å².